The third kappa shape index (κ3) is 4.90. The number of allylic oxidation sites excluding steroid dienone is 1. The molecule has 8 heteroatoms. The molecule has 2 atom stereocenters. The van der Waals surface area contributed by atoms with E-state index in [9.17, 15) is 25.1 Å². The highest BCUT2D eigenvalue weighted by atomic mass is 35.5. The zero-order valence-electron chi connectivity index (χ0n) is 18.4. The van der Waals surface area contributed by atoms with Crippen LogP contribution in [0.25, 0.3) is 11.1 Å². The number of rotatable bonds is 6. The first-order valence-corrected chi connectivity index (χ1v) is 11.3. The third-order valence-electron chi connectivity index (χ3n) is 6.13. The average Bonchev–Trinajstić information content (AvgIpc) is 3.32. The van der Waals surface area contributed by atoms with Gasteiger partial charge in [-0.2, -0.15) is 5.26 Å². The van der Waals surface area contributed by atoms with Gasteiger partial charge in [-0.15, -0.1) is 0 Å². The van der Waals surface area contributed by atoms with Gasteiger partial charge < -0.3 is 20.4 Å². The smallest absolute Gasteiger partial charge is 0.255 e. The van der Waals surface area contributed by atoms with Crippen LogP contribution in [-0.4, -0.2) is 52.2 Å². The van der Waals surface area contributed by atoms with Crippen LogP contribution in [0.2, 0.25) is 0 Å². The molecule has 0 fully saturated rings. The molecule has 2 aromatic rings. The van der Waals surface area contributed by atoms with Crippen LogP contribution in [-0.2, 0) is 16.1 Å². The van der Waals surface area contributed by atoms with Gasteiger partial charge in [0.1, 0.15) is 0 Å². The van der Waals surface area contributed by atoms with Gasteiger partial charge in [0, 0.05) is 24.7 Å². The minimum absolute atomic E-state index is 0.108. The van der Waals surface area contributed by atoms with Crippen molar-refractivity contribution in [2.75, 3.05) is 13.1 Å². The first-order chi connectivity index (χ1) is 16.4. The molecule has 174 valence electrons. The predicted octanol–water partition coefficient (Wildman–Crippen LogP) is 2.62. The molecule has 1 heterocycles. The molecule has 34 heavy (non-hydrogen) atoms. The number of hydrogen-bond donors (Lipinski definition) is 3. The van der Waals surface area contributed by atoms with Gasteiger partial charge in [-0.05, 0) is 46.7 Å². The second-order valence-electron chi connectivity index (χ2n) is 8.33. The van der Waals surface area contributed by atoms with Crippen LogP contribution in [0.1, 0.15) is 24.0 Å². The van der Waals surface area contributed by atoms with Crippen molar-refractivity contribution in [3.63, 3.8) is 0 Å². The summed E-state index contributed by atoms with van der Waals surface area (Å²) in [7, 11) is 0. The molecule has 1 aliphatic carbocycles. The molecule has 3 N–H and O–H groups in total. The zero-order valence-corrected chi connectivity index (χ0v) is 19.1. The number of nitrogens with one attached hydrogen (secondary N) is 1. The van der Waals surface area contributed by atoms with Crippen LogP contribution in [0, 0.1) is 11.3 Å². The number of nitriles is 1. The molecule has 0 spiro atoms. The van der Waals surface area contributed by atoms with Crippen LogP contribution < -0.4 is 5.32 Å². The number of benzene rings is 2. The van der Waals surface area contributed by atoms with Gasteiger partial charge in [0.25, 0.3) is 11.8 Å². The SMILES string of the molecule is N#Cc1ccccc1-c1ccc(CNC(=O)[C@H](O)[C@@H](O)C(=O)N2CC3=C(C2)C(Cl)=CCC3)cc1. The van der Waals surface area contributed by atoms with Crippen LogP contribution >= 0.6 is 11.6 Å². The quantitative estimate of drug-likeness (QED) is 0.591. The molecule has 0 unspecified atom stereocenters. The van der Waals surface area contributed by atoms with Crippen molar-refractivity contribution in [2.45, 2.75) is 31.6 Å². The Morgan fingerprint density at radius 1 is 1.09 bits per heavy atom. The van der Waals surface area contributed by atoms with Gasteiger partial charge in [0.15, 0.2) is 12.2 Å². The van der Waals surface area contributed by atoms with Gasteiger partial charge >= 0.3 is 0 Å². The van der Waals surface area contributed by atoms with Gasteiger partial charge in [-0.1, -0.05) is 60.1 Å². The topological polar surface area (TPSA) is 114 Å². The Labute approximate surface area is 202 Å². The van der Waals surface area contributed by atoms with Gasteiger partial charge in [0.2, 0.25) is 0 Å². The molecule has 1 aliphatic heterocycles. The fourth-order valence-electron chi connectivity index (χ4n) is 4.20. The molecule has 7 nitrogen and oxygen atoms in total. The molecule has 0 bridgehead atoms. The van der Waals surface area contributed by atoms with Gasteiger partial charge in [-0.25, -0.2) is 0 Å². The summed E-state index contributed by atoms with van der Waals surface area (Å²) in [6.07, 6.45) is -0.247. The van der Waals surface area contributed by atoms with E-state index in [0.29, 0.717) is 17.1 Å². The summed E-state index contributed by atoms with van der Waals surface area (Å²) in [5.41, 5.74) is 4.94. The van der Waals surface area contributed by atoms with Gasteiger partial charge in [0.05, 0.1) is 11.6 Å². The summed E-state index contributed by atoms with van der Waals surface area (Å²) in [5.74, 6) is -1.54. The number of nitrogens with zero attached hydrogens (tertiary/aromatic N) is 2. The Bertz CT molecular complexity index is 1210. The molecule has 4 rings (SSSR count). The summed E-state index contributed by atoms with van der Waals surface area (Å²) < 4.78 is 0. The second-order valence-corrected chi connectivity index (χ2v) is 8.74. The average molecular weight is 478 g/mol. The lowest BCUT2D eigenvalue weighted by Gasteiger charge is -2.23. The molecular weight excluding hydrogens is 454 g/mol. The van der Waals surface area contributed by atoms with Crippen LogP contribution in [0.4, 0.5) is 0 Å². The molecule has 0 saturated heterocycles. The molecule has 0 radical (unpaired) electrons. The van der Waals surface area contributed by atoms with Crippen LogP contribution in [0.3, 0.4) is 0 Å². The van der Waals surface area contributed by atoms with Gasteiger partial charge in [-0.3, -0.25) is 9.59 Å². The molecule has 2 amide bonds. The second kappa shape index (κ2) is 10.2. The summed E-state index contributed by atoms with van der Waals surface area (Å²) in [6.45, 7) is 0.706. The van der Waals surface area contributed by atoms with E-state index in [1.54, 1.807) is 24.3 Å². The standard InChI is InChI=1S/C26H24ClN3O4/c27-22-7-3-5-19-14-30(15-21(19)22)26(34)24(32)23(31)25(33)29-13-16-8-10-17(11-9-16)20-6-2-1-4-18(20)12-28/h1-2,4,6-11,23-24,31-32H,3,5,13-15H2,(H,29,33)/t23-,24-/m1/s1. The maximum Gasteiger partial charge on any atom is 0.255 e. The summed E-state index contributed by atoms with van der Waals surface area (Å²) in [5, 5.41) is 33.0. The molecule has 0 saturated carbocycles. The lowest BCUT2D eigenvalue weighted by atomic mass is 9.99. The number of amides is 2. The number of halogens is 1. The van der Waals surface area contributed by atoms with Crippen LogP contribution in [0.15, 0.2) is 70.8 Å². The lowest BCUT2D eigenvalue weighted by molar-refractivity contribution is -0.152. The first-order valence-electron chi connectivity index (χ1n) is 11.0. The summed E-state index contributed by atoms with van der Waals surface area (Å²) >= 11 is 6.21. The van der Waals surface area contributed by atoms with Crippen molar-refractivity contribution in [1.29, 1.82) is 5.26 Å². The zero-order chi connectivity index (χ0) is 24.2. The Morgan fingerprint density at radius 3 is 2.53 bits per heavy atom. The first kappa shape index (κ1) is 23.7. The largest absolute Gasteiger partial charge is 0.380 e. The van der Waals surface area contributed by atoms with Crippen molar-refractivity contribution in [3.8, 4) is 17.2 Å². The summed E-state index contributed by atoms with van der Waals surface area (Å²) in [6, 6.07) is 16.7. The van der Waals surface area contributed by atoms with E-state index in [1.807, 2.05) is 30.3 Å². The number of carbonyl (C=O) groups excluding carboxylic acids is 2. The highest BCUT2D eigenvalue weighted by Crippen LogP contribution is 2.33. The molecule has 0 aromatic heterocycles. The van der Waals surface area contributed by atoms with E-state index in [-0.39, 0.29) is 13.1 Å². The molecule has 2 aliphatic rings. The van der Waals surface area contributed by atoms with E-state index in [2.05, 4.69) is 11.4 Å². The van der Waals surface area contributed by atoms with Crippen molar-refractivity contribution in [3.05, 3.63) is 81.9 Å². The monoisotopic (exact) mass is 477 g/mol. The normalized spacial score (nSPS) is 16.9. The maximum absolute atomic E-state index is 12.7. The predicted molar refractivity (Wildman–Crippen MR) is 127 cm³/mol. The van der Waals surface area contributed by atoms with E-state index in [1.165, 1.54) is 4.90 Å². The Kier molecular flexibility index (Phi) is 7.13. The molecular formula is C26H24ClN3O4. The van der Waals surface area contributed by atoms with E-state index in [4.69, 9.17) is 11.6 Å². The minimum Gasteiger partial charge on any atom is -0.380 e. The van der Waals surface area contributed by atoms with Crippen molar-refractivity contribution < 1.29 is 19.8 Å². The fourth-order valence-corrected chi connectivity index (χ4v) is 4.51. The minimum atomic E-state index is -1.89. The lowest BCUT2D eigenvalue weighted by Crippen LogP contribution is -2.50. The highest BCUT2D eigenvalue weighted by molar-refractivity contribution is 6.32. The summed E-state index contributed by atoms with van der Waals surface area (Å²) in [4.78, 5) is 26.5. The number of carbonyl (C=O) groups is 2. The number of hydrogen-bond acceptors (Lipinski definition) is 5. The Hall–Kier alpha value is -3.44. The Morgan fingerprint density at radius 2 is 1.82 bits per heavy atom. The van der Waals surface area contributed by atoms with Crippen molar-refractivity contribution in [1.82, 2.24) is 10.2 Å². The number of aliphatic hydroxyl groups excluding tert-OH is 2. The van der Waals surface area contributed by atoms with Crippen molar-refractivity contribution in [2.24, 2.45) is 0 Å². The van der Waals surface area contributed by atoms with Crippen LogP contribution in [0.5, 0.6) is 0 Å². The number of aliphatic hydroxyl groups is 2. The van der Waals surface area contributed by atoms with E-state index in [0.717, 1.165) is 40.7 Å². The third-order valence-corrected chi connectivity index (χ3v) is 6.51. The highest BCUT2D eigenvalue weighted by Gasteiger charge is 2.37. The maximum atomic E-state index is 12.7. The fraction of sp³-hybridized carbons (Fsp3) is 0.269. The van der Waals surface area contributed by atoms with E-state index >= 15 is 0 Å². The Balaban J connectivity index is 1.32. The van der Waals surface area contributed by atoms with Crippen molar-refractivity contribution >= 4 is 23.4 Å². The molecule has 2 aromatic carbocycles. The van der Waals surface area contributed by atoms with E-state index < -0.39 is 24.0 Å².